The molecule has 1 N–H and O–H groups in total. The van der Waals surface area contributed by atoms with Crippen molar-refractivity contribution in [1.82, 2.24) is 9.88 Å². The highest BCUT2D eigenvalue weighted by Crippen LogP contribution is 2.32. The zero-order valence-electron chi connectivity index (χ0n) is 23.3. The highest BCUT2D eigenvalue weighted by Gasteiger charge is 2.32. The molecule has 7 heteroatoms. The molecule has 7 nitrogen and oxygen atoms in total. The van der Waals surface area contributed by atoms with Crippen LogP contribution in [-0.4, -0.2) is 35.9 Å². The summed E-state index contributed by atoms with van der Waals surface area (Å²) in [4.78, 5) is 33.9. The Bertz CT molecular complexity index is 1410. The number of ether oxygens (including phenoxy) is 2. The van der Waals surface area contributed by atoms with Gasteiger partial charge in [0.05, 0.1) is 26.3 Å². The van der Waals surface area contributed by atoms with Crippen LogP contribution in [0.15, 0.2) is 97.3 Å². The van der Waals surface area contributed by atoms with E-state index < -0.39 is 6.04 Å². The molecule has 0 aliphatic heterocycles. The van der Waals surface area contributed by atoms with Crippen LogP contribution in [0.1, 0.15) is 48.1 Å². The van der Waals surface area contributed by atoms with Gasteiger partial charge in [0.15, 0.2) is 0 Å². The zero-order valence-corrected chi connectivity index (χ0v) is 23.3. The molecule has 1 atom stereocenters. The summed E-state index contributed by atoms with van der Waals surface area (Å²) in [6.45, 7) is 4.45. The van der Waals surface area contributed by atoms with Gasteiger partial charge in [-0.3, -0.25) is 14.6 Å². The van der Waals surface area contributed by atoms with Gasteiger partial charge in [-0.15, -0.1) is 0 Å². The molecular weight excluding hydrogens is 502 g/mol. The van der Waals surface area contributed by atoms with Crippen LogP contribution >= 0.6 is 0 Å². The van der Waals surface area contributed by atoms with Crippen molar-refractivity contribution in [3.05, 3.63) is 120 Å². The van der Waals surface area contributed by atoms with Crippen LogP contribution in [-0.2, 0) is 22.6 Å². The molecular formula is C33H35N3O4. The minimum atomic E-state index is -0.913. The van der Waals surface area contributed by atoms with Crippen molar-refractivity contribution in [1.29, 1.82) is 0 Å². The van der Waals surface area contributed by atoms with Gasteiger partial charge in [0.1, 0.15) is 17.5 Å². The van der Waals surface area contributed by atoms with Gasteiger partial charge in [-0.25, -0.2) is 0 Å². The average Bonchev–Trinajstić information content (AvgIpc) is 2.98. The van der Waals surface area contributed by atoms with Crippen molar-refractivity contribution in [2.24, 2.45) is 0 Å². The molecule has 2 amide bonds. The Kier molecular flexibility index (Phi) is 9.52. The third kappa shape index (κ3) is 7.05. The second-order valence-corrected chi connectivity index (χ2v) is 9.82. The number of nitrogens with one attached hydrogen (secondary N) is 1. The summed E-state index contributed by atoms with van der Waals surface area (Å²) >= 11 is 0. The molecule has 4 rings (SSSR count). The zero-order chi connectivity index (χ0) is 28.5. The van der Waals surface area contributed by atoms with Crippen molar-refractivity contribution in [2.75, 3.05) is 19.5 Å². The number of carbonyl (C=O) groups is 2. The third-order valence-corrected chi connectivity index (χ3v) is 6.74. The molecule has 1 unspecified atom stereocenters. The van der Waals surface area contributed by atoms with E-state index in [1.165, 1.54) is 7.11 Å². The van der Waals surface area contributed by atoms with Crippen LogP contribution in [0.5, 0.6) is 11.5 Å². The first-order chi connectivity index (χ1) is 19.4. The number of benzene rings is 3. The van der Waals surface area contributed by atoms with Gasteiger partial charge in [0.25, 0.3) is 5.91 Å². The van der Waals surface area contributed by atoms with Crippen LogP contribution in [0.2, 0.25) is 0 Å². The molecule has 3 aromatic carbocycles. The maximum absolute atomic E-state index is 14.1. The fraction of sp³-hybridized carbons (Fsp3) is 0.242. The summed E-state index contributed by atoms with van der Waals surface area (Å²) in [5, 5.41) is 3.00. The van der Waals surface area contributed by atoms with Crippen LogP contribution in [0.3, 0.4) is 0 Å². The van der Waals surface area contributed by atoms with E-state index in [-0.39, 0.29) is 24.8 Å². The van der Waals surface area contributed by atoms with Crippen LogP contribution in [0.25, 0.3) is 0 Å². The summed E-state index contributed by atoms with van der Waals surface area (Å²) < 4.78 is 10.8. The molecule has 0 saturated carbocycles. The molecule has 0 bridgehead atoms. The number of carbonyl (C=O) groups excluding carboxylic acids is 2. The van der Waals surface area contributed by atoms with Crippen molar-refractivity contribution < 1.29 is 19.1 Å². The predicted molar refractivity (Wildman–Crippen MR) is 156 cm³/mol. The molecule has 206 valence electrons. The number of amides is 2. The van der Waals surface area contributed by atoms with E-state index in [4.69, 9.17) is 9.47 Å². The first kappa shape index (κ1) is 28.4. The Labute approximate surface area is 235 Å². The normalized spacial score (nSPS) is 11.5. The summed E-state index contributed by atoms with van der Waals surface area (Å²) in [5.74, 6) is 0.856. The van der Waals surface area contributed by atoms with Gasteiger partial charge < -0.3 is 19.7 Å². The topological polar surface area (TPSA) is 80.8 Å². The highest BCUT2D eigenvalue weighted by atomic mass is 16.5. The van der Waals surface area contributed by atoms with Crippen LogP contribution in [0, 0.1) is 0 Å². The first-order valence-corrected chi connectivity index (χ1v) is 13.2. The fourth-order valence-electron chi connectivity index (χ4n) is 4.52. The Morgan fingerprint density at radius 2 is 1.55 bits per heavy atom. The number of anilines is 1. The van der Waals surface area contributed by atoms with Gasteiger partial charge >= 0.3 is 0 Å². The monoisotopic (exact) mass is 537 g/mol. The minimum absolute atomic E-state index is 0.154. The molecule has 0 radical (unpaired) electrons. The number of aromatic nitrogens is 1. The summed E-state index contributed by atoms with van der Waals surface area (Å²) in [7, 11) is 3.10. The van der Waals surface area contributed by atoms with Crippen molar-refractivity contribution >= 4 is 17.5 Å². The van der Waals surface area contributed by atoms with E-state index in [1.807, 2.05) is 66.7 Å². The molecule has 0 spiro atoms. The van der Waals surface area contributed by atoms with Crippen molar-refractivity contribution in [3.63, 3.8) is 0 Å². The van der Waals surface area contributed by atoms with Gasteiger partial charge in [0, 0.05) is 25.0 Å². The third-order valence-electron chi connectivity index (χ3n) is 6.74. The molecule has 0 saturated heterocycles. The minimum Gasteiger partial charge on any atom is -0.497 e. The smallest absolute Gasteiger partial charge is 0.251 e. The molecule has 4 aromatic rings. The van der Waals surface area contributed by atoms with Crippen molar-refractivity contribution in [3.8, 4) is 11.5 Å². The quantitative estimate of drug-likeness (QED) is 0.247. The second kappa shape index (κ2) is 13.4. The molecule has 1 aromatic heterocycles. The number of methoxy groups -OCH3 is 2. The van der Waals surface area contributed by atoms with Crippen LogP contribution < -0.4 is 14.8 Å². The summed E-state index contributed by atoms with van der Waals surface area (Å²) in [5.41, 5.74) is 4.03. The molecule has 0 fully saturated rings. The number of hydrogen-bond acceptors (Lipinski definition) is 5. The number of hydrogen-bond donors (Lipinski definition) is 1. The Morgan fingerprint density at radius 1 is 0.850 bits per heavy atom. The average molecular weight is 538 g/mol. The second-order valence-electron chi connectivity index (χ2n) is 9.82. The lowest BCUT2D eigenvalue weighted by molar-refractivity contribution is -0.139. The predicted octanol–water partition coefficient (Wildman–Crippen LogP) is 6.17. The lowest BCUT2D eigenvalue weighted by atomic mass is 9.97. The van der Waals surface area contributed by atoms with Gasteiger partial charge in [-0.2, -0.15) is 0 Å². The molecule has 40 heavy (non-hydrogen) atoms. The fourth-order valence-corrected chi connectivity index (χ4v) is 4.52. The van der Waals surface area contributed by atoms with E-state index >= 15 is 0 Å². The Morgan fingerprint density at radius 3 is 2.17 bits per heavy atom. The van der Waals surface area contributed by atoms with Crippen molar-refractivity contribution in [2.45, 2.75) is 38.8 Å². The number of pyridine rings is 1. The number of nitrogens with zero attached hydrogens (tertiary/aromatic N) is 2. The Hall–Kier alpha value is -4.65. The van der Waals surface area contributed by atoms with Gasteiger partial charge in [-0.05, 0) is 46.4 Å². The van der Waals surface area contributed by atoms with Crippen LogP contribution in [0.4, 0.5) is 5.69 Å². The first-order valence-electron chi connectivity index (χ1n) is 13.2. The molecule has 0 aliphatic carbocycles. The number of rotatable bonds is 11. The lowest BCUT2D eigenvalue weighted by Crippen LogP contribution is -2.41. The van der Waals surface area contributed by atoms with E-state index in [1.54, 1.807) is 42.6 Å². The Balaban J connectivity index is 1.77. The summed E-state index contributed by atoms with van der Waals surface area (Å²) in [6, 6.07) is 25.4. The molecule has 0 aliphatic rings. The van der Waals surface area contributed by atoms with E-state index in [0.29, 0.717) is 28.7 Å². The van der Waals surface area contributed by atoms with Gasteiger partial charge in [-0.1, -0.05) is 74.5 Å². The lowest BCUT2D eigenvalue weighted by Gasteiger charge is -2.32. The summed E-state index contributed by atoms with van der Waals surface area (Å²) in [6.07, 6.45) is 3.55. The molecule has 1 heterocycles. The SMILES string of the molecule is COc1ccc(NC(=O)C(c2ccc(C(C)C)cc2)N(Cc2cccnc2)C(=O)Cc2ccccc2)c(OC)c1. The maximum Gasteiger partial charge on any atom is 0.251 e. The largest absolute Gasteiger partial charge is 0.497 e. The van der Waals surface area contributed by atoms with E-state index in [9.17, 15) is 9.59 Å². The van der Waals surface area contributed by atoms with E-state index in [2.05, 4.69) is 24.1 Å². The highest BCUT2D eigenvalue weighted by molar-refractivity contribution is 5.99. The maximum atomic E-state index is 14.1. The standard InChI is InChI=1S/C33H35N3O4/c1-23(2)26-12-14-27(15-13-26)32(33(38)35-29-17-16-28(39-3)20-30(29)40-4)36(22-25-11-8-18-34-21-25)31(37)19-24-9-6-5-7-10-24/h5-18,20-21,23,32H,19,22H2,1-4H3,(H,35,38). The van der Waals surface area contributed by atoms with E-state index in [0.717, 1.165) is 16.7 Å². The van der Waals surface area contributed by atoms with Gasteiger partial charge in [0.2, 0.25) is 5.91 Å².